The van der Waals surface area contributed by atoms with Crippen molar-refractivity contribution in [2.75, 3.05) is 6.54 Å². The van der Waals surface area contributed by atoms with E-state index in [-0.39, 0.29) is 0 Å². The summed E-state index contributed by atoms with van der Waals surface area (Å²) in [6.07, 6.45) is 2.93. The maximum absolute atomic E-state index is 10.7. The van der Waals surface area contributed by atoms with Gasteiger partial charge in [-0.05, 0) is 29.1 Å². The van der Waals surface area contributed by atoms with Gasteiger partial charge in [0.15, 0.2) is 0 Å². The molecule has 0 bridgehead atoms. The van der Waals surface area contributed by atoms with Crippen LogP contribution in [0.4, 0.5) is 0 Å². The topological polar surface area (TPSA) is 74.9 Å². The summed E-state index contributed by atoms with van der Waals surface area (Å²) in [5, 5.41) is 20.7. The standard InChI is InChI=1S/C20H22N6O/c1-24-18(6-8-22-24)20(27)17-11-16-13-25(9-10-26(16)23-17)12-15-4-2-3-14-5-7-21-19(14)15/h2-8,11,20-21,27H,9-10,12-13H2,1H3/t20-/m1/s1. The Morgan fingerprint density at radius 2 is 2.15 bits per heavy atom. The Bertz CT molecular complexity index is 1090. The third-order valence-corrected chi connectivity index (χ3v) is 5.38. The van der Waals surface area contributed by atoms with Crippen LogP contribution in [-0.2, 0) is 26.7 Å². The van der Waals surface area contributed by atoms with Crippen LogP contribution in [0.2, 0.25) is 0 Å². The van der Waals surface area contributed by atoms with Gasteiger partial charge in [-0.2, -0.15) is 10.2 Å². The van der Waals surface area contributed by atoms with E-state index < -0.39 is 6.10 Å². The molecule has 7 heteroatoms. The highest BCUT2D eigenvalue weighted by atomic mass is 16.3. The van der Waals surface area contributed by atoms with Gasteiger partial charge in [0.1, 0.15) is 6.10 Å². The van der Waals surface area contributed by atoms with Crippen molar-refractivity contribution >= 4 is 10.9 Å². The molecule has 0 aliphatic carbocycles. The number of aliphatic hydroxyl groups excluding tert-OH is 1. The van der Waals surface area contributed by atoms with E-state index in [9.17, 15) is 5.11 Å². The lowest BCUT2D eigenvalue weighted by Gasteiger charge is -2.27. The normalized spacial score (nSPS) is 15.9. The van der Waals surface area contributed by atoms with Crippen LogP contribution in [0.15, 0.2) is 48.8 Å². The number of para-hydroxylation sites is 1. The number of aliphatic hydroxyl groups is 1. The van der Waals surface area contributed by atoms with Crippen molar-refractivity contribution in [2.24, 2.45) is 7.05 Å². The van der Waals surface area contributed by atoms with E-state index >= 15 is 0 Å². The van der Waals surface area contributed by atoms with Crippen molar-refractivity contribution in [2.45, 2.75) is 25.7 Å². The largest absolute Gasteiger partial charge is 0.380 e. The Morgan fingerprint density at radius 3 is 3.00 bits per heavy atom. The number of H-pyrrole nitrogens is 1. The maximum atomic E-state index is 10.7. The van der Waals surface area contributed by atoms with E-state index in [4.69, 9.17) is 0 Å². The van der Waals surface area contributed by atoms with Crippen molar-refractivity contribution in [3.05, 3.63) is 71.4 Å². The summed E-state index contributed by atoms with van der Waals surface area (Å²) in [7, 11) is 1.83. The zero-order chi connectivity index (χ0) is 18.4. The fraction of sp³-hybridized carbons (Fsp3) is 0.300. The number of aryl methyl sites for hydroxylation is 1. The molecule has 0 saturated carbocycles. The van der Waals surface area contributed by atoms with Gasteiger partial charge in [0.25, 0.3) is 0 Å². The summed E-state index contributed by atoms with van der Waals surface area (Å²) in [6.45, 7) is 3.48. The zero-order valence-corrected chi connectivity index (χ0v) is 15.2. The zero-order valence-electron chi connectivity index (χ0n) is 15.2. The molecule has 5 rings (SSSR count). The van der Waals surface area contributed by atoms with E-state index in [2.05, 4.69) is 44.3 Å². The molecule has 0 unspecified atom stereocenters. The van der Waals surface area contributed by atoms with E-state index in [1.54, 1.807) is 10.9 Å². The molecule has 27 heavy (non-hydrogen) atoms. The number of hydrogen-bond donors (Lipinski definition) is 2. The number of nitrogens with zero attached hydrogens (tertiary/aromatic N) is 5. The highest BCUT2D eigenvalue weighted by Crippen LogP contribution is 2.25. The summed E-state index contributed by atoms with van der Waals surface area (Å²) in [5.41, 5.74) is 5.09. The second-order valence-corrected chi connectivity index (χ2v) is 7.14. The summed E-state index contributed by atoms with van der Waals surface area (Å²) >= 11 is 0. The number of aromatic amines is 1. The lowest BCUT2D eigenvalue weighted by molar-refractivity contribution is 0.196. The monoisotopic (exact) mass is 362 g/mol. The van der Waals surface area contributed by atoms with Gasteiger partial charge in [0, 0.05) is 44.6 Å². The van der Waals surface area contributed by atoms with Crippen molar-refractivity contribution in [3.63, 3.8) is 0 Å². The van der Waals surface area contributed by atoms with Crippen LogP contribution < -0.4 is 0 Å². The molecule has 3 aromatic heterocycles. The molecule has 1 aromatic carbocycles. The Hall–Kier alpha value is -2.90. The lowest BCUT2D eigenvalue weighted by atomic mass is 10.1. The average Bonchev–Trinajstić information content (AvgIpc) is 3.40. The fourth-order valence-electron chi connectivity index (χ4n) is 3.94. The van der Waals surface area contributed by atoms with Gasteiger partial charge in [0.2, 0.25) is 0 Å². The Balaban J connectivity index is 1.36. The van der Waals surface area contributed by atoms with Gasteiger partial charge in [0.05, 0.1) is 23.6 Å². The molecular formula is C20H22N6O. The molecule has 2 N–H and O–H groups in total. The number of rotatable bonds is 4. The van der Waals surface area contributed by atoms with Crippen LogP contribution in [0.3, 0.4) is 0 Å². The number of benzene rings is 1. The van der Waals surface area contributed by atoms with Crippen LogP contribution in [-0.4, -0.2) is 41.1 Å². The van der Waals surface area contributed by atoms with Crippen LogP contribution >= 0.6 is 0 Å². The first-order chi connectivity index (χ1) is 13.2. The van der Waals surface area contributed by atoms with E-state index in [1.165, 1.54) is 16.5 Å². The van der Waals surface area contributed by atoms with Gasteiger partial charge >= 0.3 is 0 Å². The van der Waals surface area contributed by atoms with Gasteiger partial charge in [-0.25, -0.2) is 0 Å². The summed E-state index contributed by atoms with van der Waals surface area (Å²) in [6, 6.07) is 12.4. The van der Waals surface area contributed by atoms with Crippen LogP contribution in [0.1, 0.15) is 28.7 Å². The van der Waals surface area contributed by atoms with Crippen molar-refractivity contribution in [1.29, 1.82) is 0 Å². The van der Waals surface area contributed by atoms with Gasteiger partial charge in [-0.15, -0.1) is 0 Å². The second kappa shape index (κ2) is 6.37. The van der Waals surface area contributed by atoms with Crippen molar-refractivity contribution in [3.8, 4) is 0 Å². The number of aromatic nitrogens is 5. The first kappa shape index (κ1) is 16.3. The van der Waals surface area contributed by atoms with Gasteiger partial charge in [-0.1, -0.05) is 18.2 Å². The van der Waals surface area contributed by atoms with Crippen molar-refractivity contribution < 1.29 is 5.11 Å². The van der Waals surface area contributed by atoms with Crippen LogP contribution in [0.5, 0.6) is 0 Å². The molecule has 0 spiro atoms. The summed E-state index contributed by atoms with van der Waals surface area (Å²) < 4.78 is 3.70. The quantitative estimate of drug-likeness (QED) is 0.584. The highest BCUT2D eigenvalue weighted by molar-refractivity contribution is 5.82. The molecular weight excluding hydrogens is 340 g/mol. The Kier molecular flexibility index (Phi) is 3.84. The molecule has 4 aromatic rings. The average molecular weight is 362 g/mol. The fourth-order valence-corrected chi connectivity index (χ4v) is 3.94. The smallest absolute Gasteiger partial charge is 0.139 e. The van der Waals surface area contributed by atoms with E-state index in [0.717, 1.165) is 37.6 Å². The number of fused-ring (bicyclic) bond motifs is 2. The highest BCUT2D eigenvalue weighted by Gasteiger charge is 2.23. The molecule has 1 aliphatic heterocycles. The maximum Gasteiger partial charge on any atom is 0.139 e. The summed E-state index contributed by atoms with van der Waals surface area (Å²) in [5.74, 6) is 0. The molecule has 0 saturated heterocycles. The third kappa shape index (κ3) is 2.85. The molecule has 0 radical (unpaired) electrons. The predicted octanol–water partition coefficient (Wildman–Crippen LogP) is 2.20. The minimum Gasteiger partial charge on any atom is -0.380 e. The summed E-state index contributed by atoms with van der Waals surface area (Å²) in [4.78, 5) is 5.77. The first-order valence-electron chi connectivity index (χ1n) is 9.19. The Labute approximate surface area is 156 Å². The minimum atomic E-state index is -0.753. The molecule has 1 atom stereocenters. The molecule has 0 amide bonds. The molecule has 138 valence electrons. The van der Waals surface area contributed by atoms with Crippen LogP contribution in [0, 0.1) is 0 Å². The SMILES string of the molecule is Cn1nccc1[C@H](O)c1cc2n(n1)CCN(Cc1cccc3cc[nH]c13)C2. The first-order valence-corrected chi connectivity index (χ1v) is 9.19. The molecule has 4 heterocycles. The van der Waals surface area contributed by atoms with E-state index in [0.29, 0.717) is 5.69 Å². The van der Waals surface area contributed by atoms with Gasteiger partial charge < -0.3 is 10.1 Å². The molecule has 1 aliphatic rings. The molecule has 0 fully saturated rings. The Morgan fingerprint density at radius 1 is 1.22 bits per heavy atom. The van der Waals surface area contributed by atoms with Crippen molar-refractivity contribution in [1.82, 2.24) is 29.4 Å². The number of nitrogens with one attached hydrogen (secondary N) is 1. The third-order valence-electron chi connectivity index (χ3n) is 5.38. The van der Waals surface area contributed by atoms with Crippen LogP contribution in [0.25, 0.3) is 10.9 Å². The predicted molar refractivity (Wildman–Crippen MR) is 102 cm³/mol. The minimum absolute atomic E-state index is 0.682. The van der Waals surface area contributed by atoms with E-state index in [1.807, 2.05) is 30.1 Å². The second-order valence-electron chi connectivity index (χ2n) is 7.14. The number of hydrogen-bond acceptors (Lipinski definition) is 4. The lowest BCUT2D eigenvalue weighted by Crippen LogP contribution is -2.33. The molecule has 7 nitrogen and oxygen atoms in total. The van der Waals surface area contributed by atoms with Gasteiger partial charge in [-0.3, -0.25) is 14.3 Å².